The molecule has 2 fully saturated rings. The maximum Gasteiger partial charge on any atom is 0.416 e. The van der Waals surface area contributed by atoms with E-state index in [1.165, 1.54) is 18.9 Å². The molecule has 2 aliphatic heterocycles. The first-order chi connectivity index (χ1) is 22.2. The molecule has 3 heterocycles. The summed E-state index contributed by atoms with van der Waals surface area (Å²) >= 11 is 0. The minimum absolute atomic E-state index is 0.0307. The number of piperidine rings is 1. The number of pyridine rings is 1. The first-order valence-corrected chi connectivity index (χ1v) is 15.1. The van der Waals surface area contributed by atoms with Crippen molar-refractivity contribution in [3.8, 4) is 16.9 Å². The summed E-state index contributed by atoms with van der Waals surface area (Å²) < 4.78 is 92.6. The molecule has 1 amide bonds. The van der Waals surface area contributed by atoms with Crippen LogP contribution in [0.4, 0.5) is 37.0 Å². The van der Waals surface area contributed by atoms with Gasteiger partial charge in [-0.05, 0) is 86.2 Å². The predicted molar refractivity (Wildman–Crippen MR) is 159 cm³/mol. The Bertz CT molecular complexity index is 1610. The molecule has 47 heavy (non-hydrogen) atoms. The number of methoxy groups -OCH3 is 1. The zero-order valence-electron chi connectivity index (χ0n) is 25.6. The standard InChI is InChI=1S/C33H33F6N3O5/c1-19-30(21-15-22(32(34,35)36)17-23(16-21)33(37,38)39)47-31(45)42(19)18-26-24(8-10-28(40-26)41-12-4-3-5-13-41)25-14-20(7-11-29(43)44)6-9-27(25)46-2/h6,8-10,14-17,19,30H,3-5,7,11-13,18H2,1-2H3,(H,43,44)/t19-,30-/m0/s1. The maximum absolute atomic E-state index is 13.6. The van der Waals surface area contributed by atoms with Crippen LogP contribution in [0.15, 0.2) is 48.5 Å². The lowest BCUT2D eigenvalue weighted by Crippen LogP contribution is -2.33. The SMILES string of the molecule is COc1ccc(CCC(=O)O)cc1-c1ccc(N2CCCCC2)nc1CN1C(=O)O[C@H](c2cc(C(F)(F)F)cc(C(F)(F)F)c2)[C@@H]1C. The second kappa shape index (κ2) is 13.3. The third-order valence-electron chi connectivity index (χ3n) is 8.47. The largest absolute Gasteiger partial charge is 0.496 e. The first kappa shape index (κ1) is 33.9. The number of aliphatic carboxylic acids is 1. The van der Waals surface area contributed by atoms with Gasteiger partial charge in [0.2, 0.25) is 0 Å². The van der Waals surface area contributed by atoms with E-state index in [4.69, 9.17) is 14.5 Å². The Hall–Kier alpha value is -4.49. The average molecular weight is 666 g/mol. The summed E-state index contributed by atoms with van der Waals surface area (Å²) in [5.41, 5.74) is -1.19. The molecular weight excluding hydrogens is 632 g/mol. The summed E-state index contributed by atoms with van der Waals surface area (Å²) in [5.74, 6) is 0.139. The number of carboxylic acids is 1. The van der Waals surface area contributed by atoms with Crippen LogP contribution < -0.4 is 9.64 Å². The molecule has 0 spiro atoms. The zero-order valence-corrected chi connectivity index (χ0v) is 25.6. The number of carbonyl (C=O) groups is 2. The number of halogens is 6. The van der Waals surface area contributed by atoms with E-state index in [1.54, 1.807) is 18.2 Å². The number of benzene rings is 2. The first-order valence-electron chi connectivity index (χ1n) is 15.1. The highest BCUT2D eigenvalue weighted by Crippen LogP contribution is 2.42. The van der Waals surface area contributed by atoms with Gasteiger partial charge in [-0.15, -0.1) is 0 Å². The quantitative estimate of drug-likeness (QED) is 0.233. The van der Waals surface area contributed by atoms with Crippen molar-refractivity contribution in [1.82, 2.24) is 9.88 Å². The highest BCUT2D eigenvalue weighted by atomic mass is 19.4. The van der Waals surface area contributed by atoms with Crippen LogP contribution in [-0.2, 0) is 34.8 Å². The van der Waals surface area contributed by atoms with Crippen molar-refractivity contribution < 1.29 is 50.5 Å². The van der Waals surface area contributed by atoms with Gasteiger partial charge >= 0.3 is 24.4 Å². The molecule has 3 aromatic rings. The number of alkyl halides is 6. The fourth-order valence-electron chi connectivity index (χ4n) is 5.99. The molecule has 2 aliphatic rings. The van der Waals surface area contributed by atoms with Crippen LogP contribution in [0.3, 0.4) is 0 Å². The molecule has 2 atom stereocenters. The minimum Gasteiger partial charge on any atom is -0.496 e. The van der Waals surface area contributed by atoms with Gasteiger partial charge in [-0.1, -0.05) is 6.07 Å². The van der Waals surface area contributed by atoms with Gasteiger partial charge < -0.3 is 19.5 Å². The summed E-state index contributed by atoms with van der Waals surface area (Å²) in [4.78, 5) is 32.7. The number of ether oxygens (including phenoxy) is 2. The molecule has 2 saturated heterocycles. The van der Waals surface area contributed by atoms with Gasteiger partial charge in [0.1, 0.15) is 17.7 Å². The Balaban J connectivity index is 1.55. The summed E-state index contributed by atoms with van der Waals surface area (Å²) in [6, 6.07) is 9.08. The van der Waals surface area contributed by atoms with Crippen molar-refractivity contribution in [1.29, 1.82) is 0 Å². The fraction of sp³-hybridized carbons (Fsp3) is 0.424. The number of hydrogen-bond donors (Lipinski definition) is 1. The number of cyclic esters (lactones) is 1. The molecule has 1 N–H and O–H groups in total. The van der Waals surface area contributed by atoms with Crippen molar-refractivity contribution in [3.05, 3.63) is 76.5 Å². The molecular formula is C33H33F6N3O5. The van der Waals surface area contributed by atoms with Crippen molar-refractivity contribution in [2.24, 2.45) is 0 Å². The van der Waals surface area contributed by atoms with E-state index >= 15 is 0 Å². The Labute approximate surface area is 266 Å². The lowest BCUT2D eigenvalue weighted by atomic mass is 9.96. The van der Waals surface area contributed by atoms with E-state index in [0.29, 0.717) is 46.1 Å². The molecule has 2 aromatic carbocycles. The van der Waals surface area contributed by atoms with Crippen LogP contribution >= 0.6 is 0 Å². The Morgan fingerprint density at radius 2 is 1.62 bits per heavy atom. The molecule has 252 valence electrons. The lowest BCUT2D eigenvalue weighted by molar-refractivity contribution is -0.143. The average Bonchev–Trinajstić information content (AvgIpc) is 3.31. The molecule has 8 nitrogen and oxygen atoms in total. The number of rotatable bonds is 9. The van der Waals surface area contributed by atoms with Crippen molar-refractivity contribution in [2.75, 3.05) is 25.1 Å². The van der Waals surface area contributed by atoms with Gasteiger partial charge in [-0.3, -0.25) is 9.69 Å². The van der Waals surface area contributed by atoms with Crippen LogP contribution in [-0.4, -0.2) is 53.3 Å². The summed E-state index contributed by atoms with van der Waals surface area (Å²) in [6.45, 7) is 2.84. The van der Waals surface area contributed by atoms with Crippen LogP contribution in [0.2, 0.25) is 0 Å². The van der Waals surface area contributed by atoms with Gasteiger partial charge in [0.25, 0.3) is 0 Å². The second-order valence-corrected chi connectivity index (χ2v) is 11.7. The van der Waals surface area contributed by atoms with E-state index in [1.807, 2.05) is 12.1 Å². The zero-order chi connectivity index (χ0) is 34.1. The number of aromatic nitrogens is 1. The Kier molecular flexibility index (Phi) is 9.60. The summed E-state index contributed by atoms with van der Waals surface area (Å²) in [7, 11) is 1.47. The van der Waals surface area contributed by atoms with Gasteiger partial charge in [-0.25, -0.2) is 9.78 Å². The minimum atomic E-state index is -5.06. The van der Waals surface area contributed by atoms with Crippen LogP contribution in [0.1, 0.15) is 66.7 Å². The van der Waals surface area contributed by atoms with Crippen molar-refractivity contribution in [3.63, 3.8) is 0 Å². The summed E-state index contributed by atoms with van der Waals surface area (Å²) in [5, 5.41) is 9.18. The molecule has 0 aliphatic carbocycles. The van der Waals surface area contributed by atoms with Crippen molar-refractivity contribution in [2.45, 2.75) is 70.1 Å². The maximum atomic E-state index is 13.6. The van der Waals surface area contributed by atoms with E-state index < -0.39 is 53.3 Å². The molecule has 0 saturated carbocycles. The number of nitrogens with zero attached hydrogens (tertiary/aromatic N) is 3. The molecule has 0 radical (unpaired) electrons. The van der Waals surface area contributed by atoms with Gasteiger partial charge in [0, 0.05) is 30.6 Å². The molecule has 5 rings (SSSR count). The van der Waals surface area contributed by atoms with Gasteiger partial charge in [0.15, 0.2) is 0 Å². The smallest absolute Gasteiger partial charge is 0.416 e. The van der Waals surface area contributed by atoms with E-state index in [9.17, 15) is 41.0 Å². The van der Waals surface area contributed by atoms with E-state index in [-0.39, 0.29) is 25.5 Å². The topological polar surface area (TPSA) is 92.2 Å². The monoisotopic (exact) mass is 665 g/mol. The Morgan fingerprint density at radius 1 is 0.957 bits per heavy atom. The van der Waals surface area contributed by atoms with Gasteiger partial charge in [-0.2, -0.15) is 26.3 Å². The van der Waals surface area contributed by atoms with Crippen molar-refractivity contribution >= 4 is 17.9 Å². The van der Waals surface area contributed by atoms with Crippen LogP contribution in [0.5, 0.6) is 5.75 Å². The normalized spacial score (nSPS) is 18.8. The number of anilines is 1. The van der Waals surface area contributed by atoms with Crippen LogP contribution in [0.25, 0.3) is 11.1 Å². The fourth-order valence-corrected chi connectivity index (χ4v) is 5.99. The van der Waals surface area contributed by atoms with E-state index in [0.717, 1.165) is 32.4 Å². The molecule has 0 bridgehead atoms. The number of amides is 1. The molecule has 14 heteroatoms. The molecule has 1 aromatic heterocycles. The third-order valence-corrected chi connectivity index (χ3v) is 8.47. The lowest BCUT2D eigenvalue weighted by Gasteiger charge is -2.29. The van der Waals surface area contributed by atoms with Crippen LogP contribution in [0, 0.1) is 0 Å². The molecule has 0 unspecified atom stereocenters. The number of carbonyl (C=O) groups excluding carboxylic acids is 1. The van der Waals surface area contributed by atoms with E-state index in [2.05, 4.69) is 4.90 Å². The number of hydrogen-bond acceptors (Lipinski definition) is 6. The number of aryl methyl sites for hydroxylation is 1. The summed E-state index contributed by atoms with van der Waals surface area (Å²) in [6.07, 6.45) is -9.32. The highest BCUT2D eigenvalue weighted by Gasteiger charge is 2.43. The third kappa shape index (κ3) is 7.57. The van der Waals surface area contributed by atoms with Gasteiger partial charge in [0.05, 0.1) is 36.5 Å². The Morgan fingerprint density at radius 3 is 2.21 bits per heavy atom. The predicted octanol–water partition coefficient (Wildman–Crippen LogP) is 7.88. The second-order valence-electron chi connectivity index (χ2n) is 11.7. The highest BCUT2D eigenvalue weighted by molar-refractivity contribution is 5.76. The number of carboxylic acid groups (broad SMARTS) is 1.